The molecule has 0 aliphatic rings. The van der Waals surface area contributed by atoms with Crippen molar-refractivity contribution in [3.8, 4) is 17.0 Å². The van der Waals surface area contributed by atoms with Crippen LogP contribution in [0.3, 0.4) is 0 Å². The van der Waals surface area contributed by atoms with E-state index in [4.69, 9.17) is 4.74 Å². The van der Waals surface area contributed by atoms with E-state index < -0.39 is 27.6 Å². The molecule has 0 aliphatic heterocycles. The molecule has 2 aromatic carbocycles. The Hall–Kier alpha value is -3.79. The molecule has 0 saturated heterocycles. The Morgan fingerprint density at radius 3 is 2.62 bits per heavy atom. The Balaban J connectivity index is 2.10. The predicted octanol–water partition coefficient (Wildman–Crippen LogP) is 4.04. The quantitative estimate of drug-likeness (QED) is 0.445. The van der Waals surface area contributed by atoms with Gasteiger partial charge < -0.3 is 9.30 Å². The second-order valence-electron chi connectivity index (χ2n) is 7.83. The smallest absolute Gasteiger partial charge is 0.282 e. The predicted molar refractivity (Wildman–Crippen MR) is 124 cm³/mol. The fraction of sp³-hybridized carbons (Fsp3) is 0.167. The Morgan fingerprint density at radius 2 is 1.91 bits per heavy atom. The minimum Gasteiger partial charge on any atom is -0.481 e. The molecule has 4 aromatic rings. The maximum atomic E-state index is 14.6. The van der Waals surface area contributed by atoms with E-state index in [1.807, 2.05) is 23.8 Å². The summed E-state index contributed by atoms with van der Waals surface area (Å²) in [7, 11) is -2.50. The van der Waals surface area contributed by atoms with Gasteiger partial charge in [0.05, 0.1) is 19.9 Å². The van der Waals surface area contributed by atoms with Crippen LogP contribution in [0.1, 0.15) is 21.6 Å². The molecule has 0 saturated carbocycles. The van der Waals surface area contributed by atoms with Crippen LogP contribution in [0.15, 0.2) is 54.7 Å². The van der Waals surface area contributed by atoms with Crippen LogP contribution >= 0.6 is 0 Å². The summed E-state index contributed by atoms with van der Waals surface area (Å²) < 4.78 is 61.2. The third-order valence-electron chi connectivity index (χ3n) is 5.28. The van der Waals surface area contributed by atoms with E-state index in [-0.39, 0.29) is 23.7 Å². The second-order valence-corrected chi connectivity index (χ2v) is 9.58. The first-order valence-electron chi connectivity index (χ1n) is 10.2. The summed E-state index contributed by atoms with van der Waals surface area (Å²) in [6.07, 6.45) is 2.38. The molecule has 176 valence electrons. The lowest BCUT2D eigenvalue weighted by Gasteiger charge is -2.14. The van der Waals surface area contributed by atoms with Gasteiger partial charge in [-0.05, 0) is 49.4 Å². The molecule has 0 bridgehead atoms. The summed E-state index contributed by atoms with van der Waals surface area (Å²) in [6, 6.07) is 11.8. The molecular weight excluding hydrogens is 464 g/mol. The number of methoxy groups -OCH3 is 1. The first-order valence-corrected chi connectivity index (χ1v) is 12.1. The number of hydrogen-bond donors (Lipinski definition) is 1. The van der Waals surface area contributed by atoms with Gasteiger partial charge in [-0.3, -0.25) is 4.79 Å². The summed E-state index contributed by atoms with van der Waals surface area (Å²) >= 11 is 0. The molecule has 0 atom stereocenters. The van der Waals surface area contributed by atoms with Crippen molar-refractivity contribution >= 4 is 26.8 Å². The number of ether oxygens (including phenoxy) is 1. The number of benzene rings is 2. The maximum absolute atomic E-state index is 14.6. The van der Waals surface area contributed by atoms with Crippen molar-refractivity contribution in [3.63, 3.8) is 0 Å². The molecule has 0 aliphatic carbocycles. The van der Waals surface area contributed by atoms with E-state index in [2.05, 4.69) is 4.98 Å². The SMILES string of the molecule is COc1ncccc1-c1c(C(=O)NS(C)(=O)=O)n(Cc2cc(F)ccc2F)c2ccc(C)cc12. The summed E-state index contributed by atoms with van der Waals surface area (Å²) in [4.78, 5) is 17.5. The summed E-state index contributed by atoms with van der Waals surface area (Å²) in [6.45, 7) is 1.64. The standard InChI is InChI=1S/C24H21F2N3O4S/c1-14-6-9-20-18(11-14)21(17-5-4-10-27-24(17)33-2)22(23(30)28-34(3,31)32)29(20)13-15-12-16(25)7-8-19(15)26/h4-12H,13H2,1-3H3,(H,28,30). The summed E-state index contributed by atoms with van der Waals surface area (Å²) in [5, 5.41) is 0.599. The van der Waals surface area contributed by atoms with Gasteiger partial charge in [0.25, 0.3) is 5.91 Å². The number of halogens is 2. The molecule has 1 amide bonds. The number of sulfonamides is 1. The van der Waals surface area contributed by atoms with Gasteiger partial charge in [-0.25, -0.2) is 26.9 Å². The fourth-order valence-electron chi connectivity index (χ4n) is 3.94. The normalized spacial score (nSPS) is 11.6. The third kappa shape index (κ3) is 4.49. The third-order valence-corrected chi connectivity index (χ3v) is 5.84. The number of carbonyl (C=O) groups is 1. The topological polar surface area (TPSA) is 90.3 Å². The number of nitrogens with one attached hydrogen (secondary N) is 1. The van der Waals surface area contributed by atoms with Crippen LogP contribution in [0.4, 0.5) is 8.78 Å². The zero-order chi connectivity index (χ0) is 24.6. The number of carbonyl (C=O) groups excluding carboxylic acids is 1. The van der Waals surface area contributed by atoms with Gasteiger partial charge in [0.15, 0.2) is 0 Å². The first kappa shape index (κ1) is 23.4. The van der Waals surface area contributed by atoms with E-state index in [0.717, 1.165) is 30.0 Å². The largest absolute Gasteiger partial charge is 0.481 e. The molecule has 2 heterocycles. The zero-order valence-corrected chi connectivity index (χ0v) is 19.4. The van der Waals surface area contributed by atoms with Gasteiger partial charge in [-0.15, -0.1) is 0 Å². The van der Waals surface area contributed by atoms with Crippen LogP contribution in [0, 0.1) is 18.6 Å². The highest BCUT2D eigenvalue weighted by molar-refractivity contribution is 7.89. The molecule has 0 fully saturated rings. The highest BCUT2D eigenvalue weighted by Crippen LogP contribution is 2.39. The van der Waals surface area contributed by atoms with Crippen LogP contribution in [0.5, 0.6) is 5.88 Å². The van der Waals surface area contributed by atoms with E-state index in [1.54, 1.807) is 18.2 Å². The molecule has 10 heteroatoms. The lowest BCUT2D eigenvalue weighted by Crippen LogP contribution is -2.31. The molecular formula is C24H21F2N3O4S. The molecule has 0 radical (unpaired) electrons. The zero-order valence-electron chi connectivity index (χ0n) is 18.6. The van der Waals surface area contributed by atoms with Gasteiger partial charge in [-0.2, -0.15) is 0 Å². The number of aromatic nitrogens is 2. The number of rotatable bonds is 6. The van der Waals surface area contributed by atoms with Crippen molar-refractivity contribution in [2.45, 2.75) is 13.5 Å². The minimum atomic E-state index is -3.93. The van der Waals surface area contributed by atoms with Crippen molar-refractivity contribution < 1.29 is 26.7 Å². The highest BCUT2D eigenvalue weighted by Gasteiger charge is 2.28. The van der Waals surface area contributed by atoms with Gasteiger partial charge in [-0.1, -0.05) is 11.6 Å². The van der Waals surface area contributed by atoms with Gasteiger partial charge in [0, 0.05) is 33.8 Å². The van der Waals surface area contributed by atoms with Gasteiger partial charge in [0.2, 0.25) is 15.9 Å². The Labute approximate surface area is 195 Å². The van der Waals surface area contributed by atoms with Crippen molar-refractivity contribution in [1.82, 2.24) is 14.3 Å². The average molecular weight is 486 g/mol. The van der Waals surface area contributed by atoms with Crippen LogP contribution in [0.2, 0.25) is 0 Å². The van der Waals surface area contributed by atoms with Crippen LogP contribution in [-0.4, -0.2) is 37.2 Å². The average Bonchev–Trinajstić information content (AvgIpc) is 3.08. The monoisotopic (exact) mass is 485 g/mol. The van der Waals surface area contributed by atoms with E-state index in [9.17, 15) is 22.0 Å². The minimum absolute atomic E-state index is 0.00409. The Bertz CT molecular complexity index is 1530. The van der Waals surface area contributed by atoms with Gasteiger partial charge >= 0.3 is 0 Å². The number of hydrogen-bond acceptors (Lipinski definition) is 5. The number of fused-ring (bicyclic) bond motifs is 1. The molecule has 0 unspecified atom stereocenters. The molecule has 4 rings (SSSR count). The van der Waals surface area contributed by atoms with Crippen molar-refractivity contribution in [3.05, 3.63) is 83.2 Å². The van der Waals surface area contributed by atoms with Crippen LogP contribution in [0.25, 0.3) is 22.0 Å². The number of amides is 1. The van der Waals surface area contributed by atoms with Crippen molar-refractivity contribution in [2.75, 3.05) is 13.4 Å². The number of pyridine rings is 1. The van der Waals surface area contributed by atoms with E-state index >= 15 is 0 Å². The highest BCUT2D eigenvalue weighted by atomic mass is 32.2. The van der Waals surface area contributed by atoms with E-state index in [1.165, 1.54) is 17.9 Å². The van der Waals surface area contributed by atoms with Crippen LogP contribution in [-0.2, 0) is 16.6 Å². The lowest BCUT2D eigenvalue weighted by molar-refractivity contribution is 0.0974. The maximum Gasteiger partial charge on any atom is 0.282 e. The number of aryl methyl sites for hydroxylation is 1. The fourth-order valence-corrected chi connectivity index (χ4v) is 4.37. The lowest BCUT2D eigenvalue weighted by atomic mass is 10.0. The first-order chi connectivity index (χ1) is 16.1. The molecule has 1 N–H and O–H groups in total. The Kier molecular flexibility index (Phi) is 6.09. The summed E-state index contributed by atoms with van der Waals surface area (Å²) in [5.41, 5.74) is 2.14. The van der Waals surface area contributed by atoms with E-state index in [0.29, 0.717) is 22.0 Å². The molecule has 7 nitrogen and oxygen atoms in total. The summed E-state index contributed by atoms with van der Waals surface area (Å²) in [5.74, 6) is -2.01. The van der Waals surface area contributed by atoms with Crippen molar-refractivity contribution in [1.29, 1.82) is 0 Å². The van der Waals surface area contributed by atoms with Crippen molar-refractivity contribution in [2.24, 2.45) is 0 Å². The molecule has 0 spiro atoms. The molecule has 34 heavy (non-hydrogen) atoms. The van der Waals surface area contributed by atoms with Crippen LogP contribution < -0.4 is 9.46 Å². The number of nitrogens with zero attached hydrogens (tertiary/aromatic N) is 2. The van der Waals surface area contributed by atoms with Gasteiger partial charge in [0.1, 0.15) is 17.3 Å². The molecule has 2 aromatic heterocycles. The second kappa shape index (κ2) is 8.86. The Morgan fingerprint density at radius 1 is 1.15 bits per heavy atom.